The molecule has 6 heteroatoms. The summed E-state index contributed by atoms with van der Waals surface area (Å²) in [7, 11) is 1.77. The largest absolute Gasteiger partial charge is 0.380 e. The van der Waals surface area contributed by atoms with Gasteiger partial charge >= 0.3 is 0 Å². The minimum atomic E-state index is -0.181. The van der Waals surface area contributed by atoms with Gasteiger partial charge in [-0.05, 0) is 37.5 Å². The molecule has 0 radical (unpaired) electrons. The van der Waals surface area contributed by atoms with Gasteiger partial charge in [0.1, 0.15) is 5.82 Å². The van der Waals surface area contributed by atoms with Crippen LogP contribution in [0, 0.1) is 5.82 Å². The fraction of sp³-hybridized carbons (Fsp3) is 0.588. The number of aliphatic imine (C=N–C) groups is 1. The van der Waals surface area contributed by atoms with E-state index in [2.05, 4.69) is 15.6 Å². The van der Waals surface area contributed by atoms with Crippen LogP contribution in [0.3, 0.4) is 0 Å². The summed E-state index contributed by atoms with van der Waals surface area (Å²) in [6.07, 6.45) is 3.47. The van der Waals surface area contributed by atoms with Gasteiger partial charge in [-0.2, -0.15) is 0 Å². The topological polar surface area (TPSA) is 45.6 Å². The summed E-state index contributed by atoms with van der Waals surface area (Å²) in [5.74, 6) is 0.604. The predicted molar refractivity (Wildman–Crippen MR) is 103 cm³/mol. The average molecular weight is 435 g/mol. The van der Waals surface area contributed by atoms with Gasteiger partial charge in [0.2, 0.25) is 0 Å². The van der Waals surface area contributed by atoms with E-state index in [4.69, 9.17) is 4.74 Å². The molecule has 0 amide bonds. The molecular weight excluding hydrogens is 408 g/mol. The van der Waals surface area contributed by atoms with E-state index in [1.165, 1.54) is 12.0 Å². The Bertz CT molecular complexity index is 489. The number of hydrogen-bond acceptors (Lipinski definition) is 2. The first-order valence-corrected chi connectivity index (χ1v) is 7.98. The van der Waals surface area contributed by atoms with Crippen molar-refractivity contribution in [3.05, 3.63) is 35.6 Å². The van der Waals surface area contributed by atoms with E-state index in [0.717, 1.165) is 38.5 Å². The van der Waals surface area contributed by atoms with E-state index in [1.807, 2.05) is 19.1 Å². The van der Waals surface area contributed by atoms with Crippen LogP contribution in [-0.2, 0) is 10.2 Å². The lowest BCUT2D eigenvalue weighted by Gasteiger charge is -2.43. The van der Waals surface area contributed by atoms with Crippen molar-refractivity contribution in [2.45, 2.75) is 31.6 Å². The van der Waals surface area contributed by atoms with Gasteiger partial charge in [0.25, 0.3) is 0 Å². The van der Waals surface area contributed by atoms with Crippen molar-refractivity contribution in [3.8, 4) is 0 Å². The quantitative estimate of drug-likeness (QED) is 0.300. The molecule has 1 saturated carbocycles. The van der Waals surface area contributed by atoms with Crippen LogP contribution < -0.4 is 10.6 Å². The van der Waals surface area contributed by atoms with Crippen molar-refractivity contribution in [1.82, 2.24) is 10.6 Å². The second-order valence-electron chi connectivity index (χ2n) is 5.69. The Balaban J connectivity index is 0.00000264. The Morgan fingerprint density at radius 1 is 1.26 bits per heavy atom. The van der Waals surface area contributed by atoms with Crippen LogP contribution in [-0.4, -0.2) is 39.3 Å². The molecule has 1 aliphatic rings. The second-order valence-corrected chi connectivity index (χ2v) is 5.69. The zero-order valence-corrected chi connectivity index (χ0v) is 16.2. The highest BCUT2D eigenvalue weighted by Crippen LogP contribution is 2.43. The van der Waals surface area contributed by atoms with Crippen LogP contribution in [0.2, 0.25) is 0 Å². The first-order valence-electron chi connectivity index (χ1n) is 7.98. The molecule has 2 N–H and O–H groups in total. The molecule has 1 aromatic carbocycles. The maximum Gasteiger partial charge on any atom is 0.191 e. The Morgan fingerprint density at radius 3 is 2.48 bits per heavy atom. The number of nitrogens with one attached hydrogen (secondary N) is 2. The van der Waals surface area contributed by atoms with Gasteiger partial charge < -0.3 is 15.4 Å². The first-order chi connectivity index (χ1) is 10.7. The number of guanidine groups is 1. The monoisotopic (exact) mass is 435 g/mol. The van der Waals surface area contributed by atoms with Gasteiger partial charge in [-0.25, -0.2) is 4.39 Å². The van der Waals surface area contributed by atoms with Gasteiger partial charge in [-0.3, -0.25) is 4.99 Å². The van der Waals surface area contributed by atoms with Crippen LogP contribution in [0.5, 0.6) is 0 Å². The summed E-state index contributed by atoms with van der Waals surface area (Å²) in [5, 5.41) is 6.63. The maximum atomic E-state index is 13.1. The first kappa shape index (κ1) is 20.2. The Hall–Kier alpha value is -0.890. The standard InChI is InChI=1S/C17H26FN3O.HI/c1-3-22-12-11-20-16(19-2)21-13-17(9-4-10-17)14-5-7-15(18)8-6-14;/h5-8H,3-4,9-13H2,1-2H3,(H2,19,20,21);1H. The normalized spacial score (nSPS) is 16.2. The molecule has 1 aliphatic carbocycles. The fourth-order valence-corrected chi connectivity index (χ4v) is 2.83. The molecule has 1 aromatic rings. The highest BCUT2D eigenvalue weighted by Gasteiger charge is 2.38. The fourth-order valence-electron chi connectivity index (χ4n) is 2.83. The van der Waals surface area contributed by atoms with Crippen LogP contribution >= 0.6 is 24.0 Å². The number of nitrogens with zero attached hydrogens (tertiary/aromatic N) is 1. The van der Waals surface area contributed by atoms with Crippen molar-refractivity contribution in [1.29, 1.82) is 0 Å². The highest BCUT2D eigenvalue weighted by atomic mass is 127. The zero-order valence-electron chi connectivity index (χ0n) is 13.9. The summed E-state index contributed by atoms with van der Waals surface area (Å²) in [6, 6.07) is 6.90. The Morgan fingerprint density at radius 2 is 1.96 bits per heavy atom. The van der Waals surface area contributed by atoms with Gasteiger partial charge in [0.05, 0.1) is 6.61 Å². The Kier molecular flexibility index (Phi) is 8.83. The molecule has 0 spiro atoms. The number of benzene rings is 1. The SMILES string of the molecule is CCOCCNC(=NC)NCC1(c2ccc(F)cc2)CCC1.I. The molecule has 2 rings (SSSR count). The van der Waals surface area contributed by atoms with Crippen molar-refractivity contribution in [2.24, 2.45) is 4.99 Å². The molecule has 0 bridgehead atoms. The van der Waals surface area contributed by atoms with Gasteiger partial charge in [-0.15, -0.1) is 24.0 Å². The third kappa shape index (κ3) is 5.60. The molecule has 130 valence electrons. The van der Waals surface area contributed by atoms with E-state index in [0.29, 0.717) is 6.61 Å². The van der Waals surface area contributed by atoms with Crippen LogP contribution in [0.25, 0.3) is 0 Å². The third-order valence-electron chi connectivity index (χ3n) is 4.33. The smallest absolute Gasteiger partial charge is 0.191 e. The van der Waals surface area contributed by atoms with E-state index in [9.17, 15) is 4.39 Å². The van der Waals surface area contributed by atoms with Crippen LogP contribution in [0.15, 0.2) is 29.3 Å². The van der Waals surface area contributed by atoms with Gasteiger partial charge in [0, 0.05) is 32.2 Å². The third-order valence-corrected chi connectivity index (χ3v) is 4.33. The van der Waals surface area contributed by atoms with E-state index < -0.39 is 0 Å². The summed E-state index contributed by atoms with van der Waals surface area (Å²) in [5.41, 5.74) is 1.31. The minimum Gasteiger partial charge on any atom is -0.380 e. The molecule has 0 atom stereocenters. The van der Waals surface area contributed by atoms with E-state index >= 15 is 0 Å². The molecule has 4 nitrogen and oxygen atoms in total. The second kappa shape index (κ2) is 10.1. The highest BCUT2D eigenvalue weighted by molar-refractivity contribution is 14.0. The van der Waals surface area contributed by atoms with Crippen LogP contribution in [0.4, 0.5) is 4.39 Å². The molecular formula is C17H27FIN3O. The van der Waals surface area contributed by atoms with Crippen LogP contribution in [0.1, 0.15) is 31.7 Å². The summed E-state index contributed by atoms with van der Waals surface area (Å²) in [6.45, 7) is 4.92. The van der Waals surface area contributed by atoms with E-state index in [1.54, 1.807) is 19.2 Å². The molecule has 0 saturated heterocycles. The lowest BCUT2D eigenvalue weighted by atomic mass is 9.64. The molecule has 1 fully saturated rings. The summed E-state index contributed by atoms with van der Waals surface area (Å²) in [4.78, 5) is 4.23. The number of ether oxygens (including phenoxy) is 1. The predicted octanol–water partition coefficient (Wildman–Crippen LogP) is 3.07. The number of hydrogen-bond donors (Lipinski definition) is 2. The number of halogens is 2. The van der Waals surface area contributed by atoms with Crippen molar-refractivity contribution in [3.63, 3.8) is 0 Å². The number of rotatable bonds is 7. The molecule has 0 heterocycles. The Labute approximate surface area is 155 Å². The molecule has 0 unspecified atom stereocenters. The average Bonchev–Trinajstić information content (AvgIpc) is 2.49. The minimum absolute atomic E-state index is 0. The van der Waals surface area contributed by atoms with E-state index in [-0.39, 0.29) is 35.2 Å². The van der Waals surface area contributed by atoms with Crippen molar-refractivity contribution in [2.75, 3.05) is 33.4 Å². The summed E-state index contributed by atoms with van der Waals surface area (Å²) < 4.78 is 18.4. The molecule has 0 aliphatic heterocycles. The van der Waals surface area contributed by atoms with Crippen molar-refractivity contribution >= 4 is 29.9 Å². The molecule has 0 aromatic heterocycles. The lowest BCUT2D eigenvalue weighted by Crippen LogP contribution is -2.49. The lowest BCUT2D eigenvalue weighted by molar-refractivity contribution is 0.152. The zero-order chi connectivity index (χ0) is 15.8. The van der Waals surface area contributed by atoms with Crippen molar-refractivity contribution < 1.29 is 9.13 Å². The summed E-state index contributed by atoms with van der Waals surface area (Å²) >= 11 is 0. The maximum absolute atomic E-state index is 13.1. The molecule has 23 heavy (non-hydrogen) atoms. The van der Waals surface area contributed by atoms with Gasteiger partial charge in [-0.1, -0.05) is 18.6 Å². The van der Waals surface area contributed by atoms with Gasteiger partial charge in [0.15, 0.2) is 5.96 Å².